The number of ether oxygens (including phenoxy) is 2. The number of hydrogen-bond acceptors (Lipinski definition) is 5. The summed E-state index contributed by atoms with van der Waals surface area (Å²) >= 11 is 0. The van der Waals surface area contributed by atoms with Gasteiger partial charge in [-0.2, -0.15) is 0 Å². The second kappa shape index (κ2) is 7.64. The van der Waals surface area contributed by atoms with Crippen molar-refractivity contribution in [1.29, 1.82) is 0 Å². The van der Waals surface area contributed by atoms with Crippen LogP contribution in [-0.2, 0) is 13.1 Å². The smallest absolute Gasteiger partial charge is 0.184 e. The van der Waals surface area contributed by atoms with E-state index in [1.54, 1.807) is 26.5 Å². The van der Waals surface area contributed by atoms with Crippen LogP contribution < -0.4 is 14.8 Å². The normalized spacial score (nSPS) is 10.6. The third kappa shape index (κ3) is 3.95. The van der Waals surface area contributed by atoms with Gasteiger partial charge in [0.1, 0.15) is 5.69 Å². The highest BCUT2D eigenvalue weighted by atomic mass is 16.5. The maximum atomic E-state index is 5.39. The first-order chi connectivity index (χ1) is 10.3. The third-order valence-electron chi connectivity index (χ3n) is 3.12. The molecule has 2 heterocycles. The molecule has 0 unspecified atom stereocenters. The van der Waals surface area contributed by atoms with Gasteiger partial charge >= 0.3 is 0 Å². The SMILES string of the molecule is CCCNCc1cn(Cc2nccc(OC)c2OC)cn1. The molecule has 0 atom stereocenters. The van der Waals surface area contributed by atoms with E-state index in [0.717, 1.165) is 30.9 Å². The summed E-state index contributed by atoms with van der Waals surface area (Å²) in [5, 5.41) is 3.33. The topological polar surface area (TPSA) is 61.2 Å². The molecule has 0 aliphatic rings. The molecule has 0 fully saturated rings. The van der Waals surface area contributed by atoms with Crippen LogP contribution in [-0.4, -0.2) is 35.3 Å². The van der Waals surface area contributed by atoms with Crippen molar-refractivity contribution >= 4 is 0 Å². The lowest BCUT2D eigenvalue weighted by atomic mass is 10.3. The van der Waals surface area contributed by atoms with Crippen molar-refractivity contribution in [3.63, 3.8) is 0 Å². The van der Waals surface area contributed by atoms with E-state index in [1.165, 1.54) is 0 Å². The molecule has 0 aliphatic heterocycles. The fourth-order valence-electron chi connectivity index (χ4n) is 2.11. The van der Waals surface area contributed by atoms with Crippen molar-refractivity contribution < 1.29 is 9.47 Å². The maximum absolute atomic E-state index is 5.39. The molecule has 1 N–H and O–H groups in total. The number of rotatable bonds is 8. The lowest BCUT2D eigenvalue weighted by Gasteiger charge is -2.11. The minimum absolute atomic E-state index is 0.598. The molecule has 2 rings (SSSR count). The summed E-state index contributed by atoms with van der Waals surface area (Å²) in [6, 6.07) is 1.79. The standard InChI is InChI=1S/C15H22N4O2/c1-4-6-16-8-12-9-19(11-18-12)10-13-15(21-3)14(20-2)5-7-17-13/h5,7,9,11,16H,4,6,8,10H2,1-3H3. The van der Waals surface area contributed by atoms with Gasteiger partial charge in [0.05, 0.1) is 32.8 Å². The van der Waals surface area contributed by atoms with Crippen LogP contribution >= 0.6 is 0 Å². The second-order valence-electron chi connectivity index (χ2n) is 4.71. The largest absolute Gasteiger partial charge is 0.493 e. The van der Waals surface area contributed by atoms with Crippen molar-refractivity contribution in [3.8, 4) is 11.5 Å². The highest BCUT2D eigenvalue weighted by molar-refractivity contribution is 5.42. The lowest BCUT2D eigenvalue weighted by Crippen LogP contribution is -2.13. The van der Waals surface area contributed by atoms with E-state index in [0.29, 0.717) is 18.0 Å². The van der Waals surface area contributed by atoms with E-state index in [-0.39, 0.29) is 0 Å². The molecular weight excluding hydrogens is 268 g/mol. The number of imidazole rings is 1. The molecule has 6 heteroatoms. The minimum atomic E-state index is 0.598. The Bertz CT molecular complexity index is 569. The zero-order chi connectivity index (χ0) is 15.1. The van der Waals surface area contributed by atoms with E-state index in [4.69, 9.17) is 9.47 Å². The number of pyridine rings is 1. The van der Waals surface area contributed by atoms with Crippen molar-refractivity contribution in [2.24, 2.45) is 0 Å². The molecular formula is C15H22N4O2. The summed E-state index contributed by atoms with van der Waals surface area (Å²) in [5.74, 6) is 1.35. The zero-order valence-corrected chi connectivity index (χ0v) is 12.8. The first-order valence-electron chi connectivity index (χ1n) is 7.05. The Morgan fingerprint density at radius 3 is 2.81 bits per heavy atom. The Hall–Kier alpha value is -2.08. The van der Waals surface area contributed by atoms with E-state index >= 15 is 0 Å². The zero-order valence-electron chi connectivity index (χ0n) is 12.8. The van der Waals surface area contributed by atoms with Gasteiger partial charge in [-0.05, 0) is 13.0 Å². The van der Waals surface area contributed by atoms with E-state index in [1.807, 2.05) is 17.1 Å². The number of nitrogens with zero attached hydrogens (tertiary/aromatic N) is 3. The molecule has 114 valence electrons. The molecule has 0 aromatic carbocycles. The van der Waals surface area contributed by atoms with Crippen LogP contribution in [0.3, 0.4) is 0 Å². The van der Waals surface area contributed by atoms with Gasteiger partial charge < -0.3 is 19.4 Å². The van der Waals surface area contributed by atoms with Crippen LogP contribution in [0.25, 0.3) is 0 Å². The van der Waals surface area contributed by atoms with Crippen LogP contribution in [0.2, 0.25) is 0 Å². The summed E-state index contributed by atoms with van der Waals surface area (Å²) in [6.07, 6.45) is 6.66. The molecule has 2 aromatic heterocycles. The molecule has 0 saturated carbocycles. The summed E-state index contributed by atoms with van der Waals surface area (Å²) in [4.78, 5) is 8.75. The van der Waals surface area contributed by atoms with Gasteiger partial charge in [0, 0.05) is 25.0 Å². The average Bonchev–Trinajstić information content (AvgIpc) is 2.94. The van der Waals surface area contributed by atoms with Crippen LogP contribution in [0.4, 0.5) is 0 Å². The molecule has 0 spiro atoms. The van der Waals surface area contributed by atoms with Gasteiger partial charge in [0.25, 0.3) is 0 Å². The van der Waals surface area contributed by atoms with Crippen LogP contribution in [0.5, 0.6) is 11.5 Å². The van der Waals surface area contributed by atoms with Crippen molar-refractivity contribution in [2.75, 3.05) is 20.8 Å². The molecule has 0 amide bonds. The molecule has 0 bridgehead atoms. The fourth-order valence-corrected chi connectivity index (χ4v) is 2.11. The lowest BCUT2D eigenvalue weighted by molar-refractivity contribution is 0.348. The second-order valence-corrected chi connectivity index (χ2v) is 4.71. The van der Waals surface area contributed by atoms with Crippen LogP contribution in [0.15, 0.2) is 24.8 Å². The van der Waals surface area contributed by atoms with Gasteiger partial charge in [-0.1, -0.05) is 6.92 Å². The number of aromatic nitrogens is 3. The molecule has 0 saturated heterocycles. The molecule has 2 aromatic rings. The van der Waals surface area contributed by atoms with Gasteiger partial charge in [-0.3, -0.25) is 4.98 Å². The number of methoxy groups -OCH3 is 2. The Morgan fingerprint density at radius 2 is 2.10 bits per heavy atom. The quantitative estimate of drug-likeness (QED) is 0.752. The van der Waals surface area contributed by atoms with Crippen LogP contribution in [0, 0.1) is 0 Å². The predicted octanol–water partition coefficient (Wildman–Crippen LogP) is 1.84. The number of nitrogens with one attached hydrogen (secondary N) is 1. The Kier molecular flexibility index (Phi) is 5.57. The maximum Gasteiger partial charge on any atom is 0.184 e. The highest BCUT2D eigenvalue weighted by Crippen LogP contribution is 2.29. The van der Waals surface area contributed by atoms with Crippen molar-refractivity contribution in [3.05, 3.63) is 36.2 Å². The summed E-state index contributed by atoms with van der Waals surface area (Å²) in [7, 11) is 3.24. The summed E-state index contributed by atoms with van der Waals surface area (Å²) < 4.78 is 12.7. The molecule has 0 radical (unpaired) electrons. The van der Waals surface area contributed by atoms with Gasteiger partial charge in [0.15, 0.2) is 11.5 Å². The van der Waals surface area contributed by atoms with Crippen molar-refractivity contribution in [1.82, 2.24) is 19.9 Å². The van der Waals surface area contributed by atoms with Gasteiger partial charge in [-0.15, -0.1) is 0 Å². The van der Waals surface area contributed by atoms with Crippen LogP contribution in [0.1, 0.15) is 24.7 Å². The molecule has 21 heavy (non-hydrogen) atoms. The van der Waals surface area contributed by atoms with Gasteiger partial charge in [-0.25, -0.2) is 4.98 Å². The van der Waals surface area contributed by atoms with E-state index in [2.05, 4.69) is 22.2 Å². The van der Waals surface area contributed by atoms with Gasteiger partial charge in [0.2, 0.25) is 0 Å². The minimum Gasteiger partial charge on any atom is -0.493 e. The Labute approximate surface area is 125 Å². The van der Waals surface area contributed by atoms with E-state index < -0.39 is 0 Å². The molecule has 0 aliphatic carbocycles. The van der Waals surface area contributed by atoms with Crippen molar-refractivity contribution in [2.45, 2.75) is 26.4 Å². The van der Waals surface area contributed by atoms with E-state index in [9.17, 15) is 0 Å². The third-order valence-corrected chi connectivity index (χ3v) is 3.12. The monoisotopic (exact) mass is 290 g/mol. The average molecular weight is 290 g/mol. The Balaban J connectivity index is 2.08. The first-order valence-corrected chi connectivity index (χ1v) is 7.05. The summed E-state index contributed by atoms with van der Waals surface area (Å²) in [6.45, 7) is 4.52. The summed E-state index contributed by atoms with van der Waals surface area (Å²) in [5.41, 5.74) is 1.84. The number of hydrogen-bond donors (Lipinski definition) is 1. The molecule has 6 nitrogen and oxygen atoms in total. The first kappa shape index (κ1) is 15.3. The Morgan fingerprint density at radius 1 is 1.24 bits per heavy atom. The highest BCUT2D eigenvalue weighted by Gasteiger charge is 2.11. The predicted molar refractivity (Wildman–Crippen MR) is 80.7 cm³/mol. The fraction of sp³-hybridized carbons (Fsp3) is 0.467.